The average Bonchev–Trinajstić information content (AvgIpc) is 2.92. The average molecular weight is 443 g/mol. The summed E-state index contributed by atoms with van der Waals surface area (Å²) in [4.78, 5) is 25.7. The molecule has 0 aliphatic carbocycles. The molecule has 0 radical (unpaired) electrons. The Morgan fingerprint density at radius 3 is 2.26 bits per heavy atom. The Morgan fingerprint density at radius 2 is 1.65 bits per heavy atom. The van der Waals surface area contributed by atoms with Crippen LogP contribution in [0.25, 0.3) is 5.69 Å². The Hall–Kier alpha value is -3.33. The zero-order chi connectivity index (χ0) is 22.9. The fraction of sp³-hybridized carbons (Fsp3) is 0.273. The van der Waals surface area contributed by atoms with Crippen LogP contribution in [0.4, 0.5) is 11.4 Å². The van der Waals surface area contributed by atoms with E-state index in [1.165, 1.54) is 17.0 Å². The lowest BCUT2D eigenvalue weighted by molar-refractivity contribution is -0.114. The van der Waals surface area contributed by atoms with E-state index in [1.807, 2.05) is 30.3 Å². The highest BCUT2D eigenvalue weighted by molar-refractivity contribution is 7.90. The van der Waals surface area contributed by atoms with E-state index in [9.17, 15) is 18.0 Å². The summed E-state index contributed by atoms with van der Waals surface area (Å²) in [6.07, 6.45) is 1.17. The summed E-state index contributed by atoms with van der Waals surface area (Å²) in [7, 11) is -1.57. The molecule has 0 saturated carbocycles. The molecule has 9 heteroatoms. The van der Waals surface area contributed by atoms with Crippen LogP contribution >= 0.6 is 0 Å². The van der Waals surface area contributed by atoms with Gasteiger partial charge in [-0.05, 0) is 56.2 Å². The first-order valence-electron chi connectivity index (χ1n) is 9.70. The van der Waals surface area contributed by atoms with Crippen LogP contribution in [-0.4, -0.2) is 36.5 Å². The fourth-order valence-electron chi connectivity index (χ4n) is 3.46. The van der Waals surface area contributed by atoms with Gasteiger partial charge in [0, 0.05) is 19.0 Å². The minimum atomic E-state index is -3.33. The molecule has 0 spiro atoms. The summed E-state index contributed by atoms with van der Waals surface area (Å²) in [6.45, 7) is 5.22. The van der Waals surface area contributed by atoms with Gasteiger partial charge in [0.05, 0.1) is 22.8 Å². The first-order chi connectivity index (χ1) is 14.5. The number of hydrogen-bond acceptors (Lipinski definition) is 5. The van der Waals surface area contributed by atoms with Gasteiger partial charge >= 0.3 is 0 Å². The number of aromatic nitrogens is 2. The molecule has 0 aliphatic rings. The zero-order valence-electron chi connectivity index (χ0n) is 18.2. The number of carbonyl (C=O) groups is 1. The lowest BCUT2D eigenvalue weighted by Gasteiger charge is -2.14. The van der Waals surface area contributed by atoms with Gasteiger partial charge in [-0.2, -0.15) is 0 Å². The summed E-state index contributed by atoms with van der Waals surface area (Å²) in [5.74, 6) is -0.379. The quantitative estimate of drug-likeness (QED) is 0.611. The Morgan fingerprint density at radius 1 is 1.00 bits per heavy atom. The molecular weight excluding hydrogens is 416 g/mol. The molecule has 0 bridgehead atoms. The number of nitrogens with zero attached hydrogens (tertiary/aromatic N) is 2. The van der Waals surface area contributed by atoms with Gasteiger partial charge in [-0.15, -0.1) is 0 Å². The van der Waals surface area contributed by atoms with Gasteiger partial charge in [0.1, 0.15) is 5.69 Å². The maximum atomic E-state index is 12.9. The van der Waals surface area contributed by atoms with Crippen molar-refractivity contribution in [1.82, 2.24) is 9.36 Å². The van der Waals surface area contributed by atoms with Gasteiger partial charge in [-0.25, -0.2) is 13.1 Å². The van der Waals surface area contributed by atoms with Gasteiger partial charge in [0.25, 0.3) is 5.56 Å². The minimum Gasteiger partial charge on any atom is -0.376 e. The molecule has 1 heterocycles. The Bertz CT molecular complexity index is 1310. The number of rotatable bonds is 6. The second-order valence-corrected chi connectivity index (χ2v) is 9.46. The third-order valence-electron chi connectivity index (χ3n) is 5.39. The van der Waals surface area contributed by atoms with E-state index in [0.29, 0.717) is 22.6 Å². The van der Waals surface area contributed by atoms with Gasteiger partial charge in [-0.3, -0.25) is 14.3 Å². The van der Waals surface area contributed by atoms with Crippen LogP contribution in [0, 0.1) is 20.8 Å². The number of anilines is 2. The van der Waals surface area contributed by atoms with Crippen LogP contribution in [0.1, 0.15) is 16.8 Å². The van der Waals surface area contributed by atoms with E-state index in [4.69, 9.17) is 0 Å². The van der Waals surface area contributed by atoms with Crippen LogP contribution in [-0.2, 0) is 21.7 Å². The summed E-state index contributed by atoms with van der Waals surface area (Å²) in [5, 5.41) is 5.72. The van der Waals surface area contributed by atoms with E-state index < -0.39 is 9.84 Å². The third-order valence-corrected chi connectivity index (χ3v) is 6.64. The van der Waals surface area contributed by atoms with E-state index in [-0.39, 0.29) is 28.6 Å². The predicted octanol–water partition coefficient (Wildman–Crippen LogP) is 2.56. The molecule has 0 aliphatic heterocycles. The first kappa shape index (κ1) is 22.4. The Kier molecular flexibility index (Phi) is 6.08. The van der Waals surface area contributed by atoms with Crippen molar-refractivity contribution in [2.24, 2.45) is 7.05 Å². The number of para-hydroxylation sites is 1. The Balaban J connectivity index is 1.79. The smallest absolute Gasteiger partial charge is 0.295 e. The molecule has 8 nitrogen and oxygen atoms in total. The largest absolute Gasteiger partial charge is 0.376 e. The van der Waals surface area contributed by atoms with Crippen LogP contribution < -0.4 is 16.2 Å². The number of benzene rings is 2. The molecule has 2 N–H and O–H groups in total. The van der Waals surface area contributed by atoms with E-state index >= 15 is 0 Å². The molecule has 3 aromatic rings. The normalized spacial score (nSPS) is 11.4. The third kappa shape index (κ3) is 4.41. The summed E-state index contributed by atoms with van der Waals surface area (Å²) in [5.41, 5.74) is 3.28. The number of hydrogen-bond donors (Lipinski definition) is 2. The van der Waals surface area contributed by atoms with Gasteiger partial charge in [0.15, 0.2) is 9.84 Å². The standard InChI is InChI=1S/C22H26N4O4S/c1-14-15(2)19(31(5,29)30)12-11-18(14)23-13-20(27)24-21-16(3)25(4)26(22(21)28)17-9-7-6-8-10-17/h6-12,23H,13H2,1-5H3,(H,24,27). The summed E-state index contributed by atoms with van der Waals surface area (Å²) < 4.78 is 26.9. The summed E-state index contributed by atoms with van der Waals surface area (Å²) >= 11 is 0. The highest BCUT2D eigenvalue weighted by Crippen LogP contribution is 2.25. The second-order valence-electron chi connectivity index (χ2n) is 7.47. The molecule has 164 valence electrons. The number of nitrogens with one attached hydrogen (secondary N) is 2. The topological polar surface area (TPSA) is 102 Å². The fourth-order valence-corrected chi connectivity index (χ4v) is 4.48. The van der Waals surface area contributed by atoms with Crippen molar-refractivity contribution in [3.63, 3.8) is 0 Å². The lowest BCUT2D eigenvalue weighted by Crippen LogP contribution is -2.26. The molecule has 2 aromatic carbocycles. The maximum absolute atomic E-state index is 12.9. The highest BCUT2D eigenvalue weighted by atomic mass is 32.2. The maximum Gasteiger partial charge on any atom is 0.295 e. The molecule has 1 aromatic heterocycles. The lowest BCUT2D eigenvalue weighted by atomic mass is 10.1. The second kappa shape index (κ2) is 8.43. The van der Waals surface area contributed by atoms with Crippen LogP contribution in [0.2, 0.25) is 0 Å². The number of sulfone groups is 1. The van der Waals surface area contributed by atoms with Crippen LogP contribution in [0.3, 0.4) is 0 Å². The number of carbonyl (C=O) groups excluding carboxylic acids is 1. The molecule has 31 heavy (non-hydrogen) atoms. The van der Waals surface area contributed by atoms with E-state index in [1.54, 1.807) is 38.6 Å². The molecule has 0 fully saturated rings. The van der Waals surface area contributed by atoms with Crippen molar-refractivity contribution in [3.8, 4) is 5.69 Å². The van der Waals surface area contributed by atoms with Crippen molar-refractivity contribution in [1.29, 1.82) is 0 Å². The molecule has 0 saturated heterocycles. The Labute approximate surface area is 181 Å². The van der Waals surface area contributed by atoms with Crippen molar-refractivity contribution in [2.75, 3.05) is 23.4 Å². The van der Waals surface area contributed by atoms with Gasteiger partial charge < -0.3 is 10.6 Å². The van der Waals surface area contributed by atoms with Crippen molar-refractivity contribution in [3.05, 3.63) is 69.6 Å². The van der Waals surface area contributed by atoms with Gasteiger partial charge in [0.2, 0.25) is 5.91 Å². The van der Waals surface area contributed by atoms with Gasteiger partial charge in [-0.1, -0.05) is 18.2 Å². The predicted molar refractivity (Wildman–Crippen MR) is 122 cm³/mol. The van der Waals surface area contributed by atoms with Crippen molar-refractivity contribution >= 4 is 27.1 Å². The zero-order valence-corrected chi connectivity index (χ0v) is 19.0. The highest BCUT2D eigenvalue weighted by Gasteiger charge is 2.19. The monoisotopic (exact) mass is 442 g/mol. The summed E-state index contributed by atoms with van der Waals surface area (Å²) in [6, 6.07) is 12.3. The molecule has 1 amide bonds. The van der Waals surface area contributed by atoms with Crippen LogP contribution in [0.15, 0.2) is 52.2 Å². The van der Waals surface area contributed by atoms with E-state index in [2.05, 4.69) is 10.6 Å². The SMILES string of the molecule is Cc1c(NCC(=O)Nc2c(C)n(C)n(-c3ccccc3)c2=O)ccc(S(C)(=O)=O)c1C. The van der Waals surface area contributed by atoms with Crippen LogP contribution in [0.5, 0.6) is 0 Å². The van der Waals surface area contributed by atoms with E-state index in [0.717, 1.165) is 5.56 Å². The molecular formula is C22H26N4O4S. The number of amides is 1. The molecule has 0 atom stereocenters. The first-order valence-corrected chi connectivity index (χ1v) is 11.6. The van der Waals surface area contributed by atoms with Crippen molar-refractivity contribution < 1.29 is 13.2 Å². The molecule has 0 unspecified atom stereocenters. The minimum absolute atomic E-state index is 0.0718. The van der Waals surface area contributed by atoms with Crippen molar-refractivity contribution in [2.45, 2.75) is 25.7 Å². The molecule has 3 rings (SSSR count).